The number of rotatable bonds is 4. The first kappa shape index (κ1) is 12.0. The van der Waals surface area contributed by atoms with Gasteiger partial charge in [-0.2, -0.15) is 11.8 Å². The standard InChI is InChI=1S/C12H20N2OS/c1-10-9-16-4-3-14(10)7-12-5-11(6-13-2)8-15-12/h5,8,10,13H,3-4,6-7,9H2,1-2H3. The van der Waals surface area contributed by atoms with E-state index >= 15 is 0 Å². The Morgan fingerprint density at radius 2 is 2.50 bits per heavy atom. The topological polar surface area (TPSA) is 28.4 Å². The van der Waals surface area contributed by atoms with Crippen molar-refractivity contribution in [2.45, 2.75) is 26.1 Å². The molecule has 90 valence electrons. The molecule has 1 fully saturated rings. The molecule has 3 nitrogen and oxygen atoms in total. The zero-order chi connectivity index (χ0) is 11.4. The van der Waals surface area contributed by atoms with Crippen molar-refractivity contribution in [2.75, 3.05) is 25.1 Å². The van der Waals surface area contributed by atoms with Crippen LogP contribution in [0.25, 0.3) is 0 Å². The van der Waals surface area contributed by atoms with Crippen LogP contribution < -0.4 is 5.32 Å². The number of thioether (sulfide) groups is 1. The fraction of sp³-hybridized carbons (Fsp3) is 0.667. The van der Waals surface area contributed by atoms with Crippen molar-refractivity contribution in [1.82, 2.24) is 10.2 Å². The van der Waals surface area contributed by atoms with E-state index < -0.39 is 0 Å². The second-order valence-electron chi connectivity index (χ2n) is 4.35. The van der Waals surface area contributed by atoms with Crippen molar-refractivity contribution in [2.24, 2.45) is 0 Å². The summed E-state index contributed by atoms with van der Waals surface area (Å²) in [6.45, 7) is 5.30. The third-order valence-electron chi connectivity index (χ3n) is 2.95. The van der Waals surface area contributed by atoms with Crippen LogP contribution in [0.4, 0.5) is 0 Å². The maximum atomic E-state index is 5.58. The van der Waals surface area contributed by atoms with E-state index in [2.05, 4.69) is 23.2 Å². The van der Waals surface area contributed by atoms with E-state index in [9.17, 15) is 0 Å². The molecule has 1 saturated heterocycles. The largest absolute Gasteiger partial charge is 0.468 e. The number of furan rings is 1. The summed E-state index contributed by atoms with van der Waals surface area (Å²) in [5, 5.41) is 3.13. The Morgan fingerprint density at radius 3 is 3.25 bits per heavy atom. The second-order valence-corrected chi connectivity index (χ2v) is 5.50. The first-order valence-corrected chi connectivity index (χ1v) is 6.97. The average molecular weight is 240 g/mol. The second kappa shape index (κ2) is 5.75. The number of nitrogens with zero attached hydrogens (tertiary/aromatic N) is 1. The molecule has 16 heavy (non-hydrogen) atoms. The minimum Gasteiger partial charge on any atom is -0.468 e. The van der Waals surface area contributed by atoms with Gasteiger partial charge in [-0.15, -0.1) is 0 Å². The van der Waals surface area contributed by atoms with E-state index in [4.69, 9.17) is 4.42 Å². The summed E-state index contributed by atoms with van der Waals surface area (Å²) in [7, 11) is 1.95. The first-order chi connectivity index (χ1) is 7.79. The van der Waals surface area contributed by atoms with Crippen LogP contribution in [0, 0.1) is 0 Å². The Hall–Kier alpha value is -0.450. The van der Waals surface area contributed by atoms with Gasteiger partial charge < -0.3 is 9.73 Å². The van der Waals surface area contributed by atoms with Crippen LogP contribution in [-0.4, -0.2) is 36.0 Å². The molecule has 1 unspecified atom stereocenters. The van der Waals surface area contributed by atoms with E-state index in [1.54, 1.807) is 0 Å². The molecule has 0 spiro atoms. The lowest BCUT2D eigenvalue weighted by Crippen LogP contribution is -2.39. The van der Waals surface area contributed by atoms with Gasteiger partial charge in [-0.1, -0.05) is 0 Å². The Kier molecular flexibility index (Phi) is 4.32. The van der Waals surface area contributed by atoms with Gasteiger partial charge in [0.05, 0.1) is 12.8 Å². The third-order valence-corrected chi connectivity index (χ3v) is 4.14. The number of nitrogens with one attached hydrogen (secondary N) is 1. The van der Waals surface area contributed by atoms with Gasteiger partial charge in [0.25, 0.3) is 0 Å². The smallest absolute Gasteiger partial charge is 0.118 e. The van der Waals surface area contributed by atoms with Crippen molar-refractivity contribution >= 4 is 11.8 Å². The average Bonchev–Trinajstić information content (AvgIpc) is 2.70. The molecular formula is C12H20N2OS. The van der Waals surface area contributed by atoms with E-state index in [1.807, 2.05) is 25.1 Å². The van der Waals surface area contributed by atoms with E-state index in [0.717, 1.165) is 18.8 Å². The molecule has 0 saturated carbocycles. The predicted octanol–water partition coefficient (Wildman–Crippen LogP) is 1.94. The monoisotopic (exact) mass is 240 g/mol. The van der Waals surface area contributed by atoms with Gasteiger partial charge >= 0.3 is 0 Å². The van der Waals surface area contributed by atoms with Crippen LogP contribution in [0.2, 0.25) is 0 Å². The van der Waals surface area contributed by atoms with Gasteiger partial charge in [0.15, 0.2) is 0 Å². The predicted molar refractivity (Wildman–Crippen MR) is 68.7 cm³/mol. The van der Waals surface area contributed by atoms with Gasteiger partial charge in [-0.05, 0) is 20.0 Å². The zero-order valence-corrected chi connectivity index (χ0v) is 10.8. The molecule has 0 aliphatic carbocycles. The van der Waals surface area contributed by atoms with E-state index in [0.29, 0.717) is 6.04 Å². The summed E-state index contributed by atoms with van der Waals surface area (Å²) >= 11 is 2.05. The molecule has 0 radical (unpaired) electrons. The highest BCUT2D eigenvalue weighted by Gasteiger charge is 2.19. The number of hydrogen-bond donors (Lipinski definition) is 1. The lowest BCUT2D eigenvalue weighted by atomic mass is 10.2. The lowest BCUT2D eigenvalue weighted by molar-refractivity contribution is 0.206. The quantitative estimate of drug-likeness (QED) is 0.870. The zero-order valence-electron chi connectivity index (χ0n) is 10.0. The highest BCUT2D eigenvalue weighted by molar-refractivity contribution is 7.99. The SMILES string of the molecule is CNCc1coc(CN2CCSCC2C)c1. The molecule has 1 aromatic heterocycles. The molecule has 1 aromatic rings. The molecule has 2 rings (SSSR count). The summed E-state index contributed by atoms with van der Waals surface area (Å²) in [6.07, 6.45) is 1.86. The molecule has 1 aliphatic rings. The molecule has 1 N–H and O–H groups in total. The summed E-state index contributed by atoms with van der Waals surface area (Å²) in [5.41, 5.74) is 1.23. The Labute approximate surface area is 102 Å². The molecule has 4 heteroatoms. The fourth-order valence-electron chi connectivity index (χ4n) is 2.00. The van der Waals surface area contributed by atoms with Crippen LogP contribution in [0.1, 0.15) is 18.2 Å². The van der Waals surface area contributed by atoms with E-state index in [1.165, 1.54) is 23.6 Å². The normalized spacial score (nSPS) is 22.5. The van der Waals surface area contributed by atoms with Crippen LogP contribution >= 0.6 is 11.8 Å². The van der Waals surface area contributed by atoms with Gasteiger partial charge in [-0.3, -0.25) is 4.90 Å². The van der Waals surface area contributed by atoms with Crippen LogP contribution in [0.3, 0.4) is 0 Å². The molecule has 1 aliphatic heterocycles. The van der Waals surface area contributed by atoms with E-state index in [-0.39, 0.29) is 0 Å². The van der Waals surface area contributed by atoms with Crippen LogP contribution in [-0.2, 0) is 13.1 Å². The van der Waals surface area contributed by atoms with Crippen LogP contribution in [0.5, 0.6) is 0 Å². The summed E-state index contributed by atoms with van der Waals surface area (Å²) in [4.78, 5) is 2.50. The highest BCUT2D eigenvalue weighted by Crippen LogP contribution is 2.19. The maximum absolute atomic E-state index is 5.58. The fourth-order valence-corrected chi connectivity index (χ4v) is 3.08. The van der Waals surface area contributed by atoms with Crippen LogP contribution in [0.15, 0.2) is 16.7 Å². The van der Waals surface area contributed by atoms with Gasteiger partial charge in [0.1, 0.15) is 5.76 Å². The molecule has 0 amide bonds. The summed E-state index contributed by atoms with van der Waals surface area (Å²) < 4.78 is 5.58. The van der Waals surface area contributed by atoms with Crippen molar-refractivity contribution in [3.05, 3.63) is 23.7 Å². The van der Waals surface area contributed by atoms with Gasteiger partial charge in [0.2, 0.25) is 0 Å². The lowest BCUT2D eigenvalue weighted by Gasteiger charge is -2.32. The Morgan fingerprint density at radius 1 is 1.62 bits per heavy atom. The minimum absolute atomic E-state index is 0.664. The van der Waals surface area contributed by atoms with Gasteiger partial charge in [0, 0.05) is 36.2 Å². The van der Waals surface area contributed by atoms with Crippen molar-refractivity contribution in [3.8, 4) is 0 Å². The molecule has 0 bridgehead atoms. The number of hydrogen-bond acceptors (Lipinski definition) is 4. The Balaban J connectivity index is 1.91. The van der Waals surface area contributed by atoms with Gasteiger partial charge in [-0.25, -0.2) is 0 Å². The third kappa shape index (κ3) is 3.03. The minimum atomic E-state index is 0.664. The summed E-state index contributed by atoms with van der Waals surface area (Å²) in [5.74, 6) is 3.57. The molecule has 0 aromatic carbocycles. The van der Waals surface area contributed by atoms with Crippen molar-refractivity contribution < 1.29 is 4.42 Å². The molecule has 2 heterocycles. The molecular weight excluding hydrogens is 220 g/mol. The highest BCUT2D eigenvalue weighted by atomic mass is 32.2. The summed E-state index contributed by atoms with van der Waals surface area (Å²) in [6, 6.07) is 2.82. The Bertz CT molecular complexity index is 327. The van der Waals surface area contributed by atoms with Crippen molar-refractivity contribution in [3.63, 3.8) is 0 Å². The maximum Gasteiger partial charge on any atom is 0.118 e. The molecule has 1 atom stereocenters. The van der Waals surface area contributed by atoms with Crippen molar-refractivity contribution in [1.29, 1.82) is 0 Å². The first-order valence-electron chi connectivity index (χ1n) is 5.82.